The van der Waals surface area contributed by atoms with Crippen LogP contribution in [0.5, 0.6) is 0 Å². The van der Waals surface area contributed by atoms with Gasteiger partial charge < -0.3 is 15.1 Å². The lowest BCUT2D eigenvalue weighted by Crippen LogP contribution is -2.43. The summed E-state index contributed by atoms with van der Waals surface area (Å²) in [5, 5.41) is 3.44. The predicted octanol–water partition coefficient (Wildman–Crippen LogP) is 4.02. The number of benzene rings is 1. The van der Waals surface area contributed by atoms with E-state index in [4.69, 9.17) is 4.99 Å². The lowest BCUT2D eigenvalue weighted by atomic mass is 10.00. The maximum Gasteiger partial charge on any atom is 0.194 e. The average molecular weight is 491 g/mol. The molecule has 3 rings (SSSR count). The number of pyridine rings is 1. The van der Waals surface area contributed by atoms with Crippen LogP contribution in [-0.4, -0.2) is 49.6 Å². The van der Waals surface area contributed by atoms with E-state index in [0.29, 0.717) is 6.54 Å². The molecule has 1 N–H and O–H groups in total. The smallest absolute Gasteiger partial charge is 0.194 e. The SMILES string of the molecule is CCNC(=NCc1ccnc(N(C)C)c1)N1CC=C(c2ccccc2)CC1.I. The minimum absolute atomic E-state index is 0. The summed E-state index contributed by atoms with van der Waals surface area (Å²) in [7, 11) is 4.01. The minimum atomic E-state index is 0. The molecule has 1 aliphatic rings. The van der Waals surface area contributed by atoms with Crippen LogP contribution >= 0.6 is 24.0 Å². The summed E-state index contributed by atoms with van der Waals surface area (Å²) in [6.07, 6.45) is 5.21. The Hall–Kier alpha value is -2.09. The van der Waals surface area contributed by atoms with Gasteiger partial charge in [-0.15, -0.1) is 24.0 Å². The predicted molar refractivity (Wildman–Crippen MR) is 129 cm³/mol. The average Bonchev–Trinajstić information content (AvgIpc) is 2.72. The van der Waals surface area contributed by atoms with E-state index >= 15 is 0 Å². The Bertz CT molecular complexity index is 802. The summed E-state index contributed by atoms with van der Waals surface area (Å²) in [6, 6.07) is 14.8. The van der Waals surface area contributed by atoms with Crippen molar-refractivity contribution in [2.45, 2.75) is 19.9 Å². The van der Waals surface area contributed by atoms with E-state index < -0.39 is 0 Å². The summed E-state index contributed by atoms with van der Waals surface area (Å²) in [6.45, 7) is 5.49. The van der Waals surface area contributed by atoms with Crippen LogP contribution in [0.3, 0.4) is 0 Å². The first-order chi connectivity index (χ1) is 13.2. The van der Waals surface area contributed by atoms with Crippen molar-refractivity contribution in [3.05, 3.63) is 65.9 Å². The molecule has 5 nitrogen and oxygen atoms in total. The lowest BCUT2D eigenvalue weighted by Gasteiger charge is -2.30. The molecule has 1 aromatic heterocycles. The first-order valence-corrected chi connectivity index (χ1v) is 9.57. The van der Waals surface area contributed by atoms with Crippen LogP contribution in [0.4, 0.5) is 5.82 Å². The number of aliphatic imine (C=N–C) groups is 1. The lowest BCUT2D eigenvalue weighted by molar-refractivity contribution is 0.440. The van der Waals surface area contributed by atoms with Gasteiger partial charge in [-0.25, -0.2) is 9.98 Å². The molecule has 0 saturated carbocycles. The summed E-state index contributed by atoms with van der Waals surface area (Å²) in [4.78, 5) is 13.6. The monoisotopic (exact) mass is 491 g/mol. The zero-order valence-electron chi connectivity index (χ0n) is 16.9. The number of guanidine groups is 1. The van der Waals surface area contributed by atoms with Crippen molar-refractivity contribution in [1.82, 2.24) is 15.2 Å². The van der Waals surface area contributed by atoms with E-state index in [0.717, 1.165) is 37.8 Å². The fraction of sp³-hybridized carbons (Fsp3) is 0.364. The third-order valence-corrected chi connectivity index (χ3v) is 4.67. The zero-order chi connectivity index (χ0) is 19.1. The van der Waals surface area contributed by atoms with E-state index in [1.54, 1.807) is 0 Å². The summed E-state index contributed by atoms with van der Waals surface area (Å²) < 4.78 is 0. The molecule has 0 amide bonds. The highest BCUT2D eigenvalue weighted by Crippen LogP contribution is 2.22. The molecular weight excluding hydrogens is 461 g/mol. The Balaban J connectivity index is 0.00000280. The number of halogens is 1. The van der Waals surface area contributed by atoms with Gasteiger partial charge in [-0.2, -0.15) is 0 Å². The zero-order valence-corrected chi connectivity index (χ0v) is 19.3. The quantitative estimate of drug-likeness (QED) is 0.390. The molecule has 2 aromatic rings. The van der Waals surface area contributed by atoms with Gasteiger partial charge in [0.25, 0.3) is 0 Å². The topological polar surface area (TPSA) is 43.8 Å². The third-order valence-electron chi connectivity index (χ3n) is 4.67. The third kappa shape index (κ3) is 5.95. The van der Waals surface area contributed by atoms with Gasteiger partial charge in [-0.1, -0.05) is 36.4 Å². The van der Waals surface area contributed by atoms with E-state index in [1.807, 2.05) is 31.3 Å². The van der Waals surface area contributed by atoms with Crippen molar-refractivity contribution >= 4 is 41.3 Å². The van der Waals surface area contributed by atoms with Crippen LogP contribution in [0.1, 0.15) is 24.5 Å². The van der Waals surface area contributed by atoms with Crippen LogP contribution in [0, 0.1) is 0 Å². The van der Waals surface area contributed by atoms with Gasteiger partial charge >= 0.3 is 0 Å². The van der Waals surface area contributed by atoms with Crippen molar-refractivity contribution in [3.8, 4) is 0 Å². The molecule has 0 saturated heterocycles. The summed E-state index contributed by atoms with van der Waals surface area (Å²) in [5.41, 5.74) is 3.92. The highest BCUT2D eigenvalue weighted by molar-refractivity contribution is 14.0. The van der Waals surface area contributed by atoms with Crippen molar-refractivity contribution in [2.24, 2.45) is 4.99 Å². The number of rotatable bonds is 5. The van der Waals surface area contributed by atoms with Gasteiger partial charge in [-0.3, -0.25) is 0 Å². The van der Waals surface area contributed by atoms with Gasteiger partial charge in [0.15, 0.2) is 5.96 Å². The Morgan fingerprint density at radius 3 is 2.64 bits per heavy atom. The molecule has 0 fully saturated rings. The highest BCUT2D eigenvalue weighted by atomic mass is 127. The number of nitrogens with zero attached hydrogens (tertiary/aromatic N) is 4. The van der Waals surface area contributed by atoms with Gasteiger partial charge in [-0.05, 0) is 42.2 Å². The molecular formula is C22H30IN5. The maximum atomic E-state index is 4.86. The second-order valence-electron chi connectivity index (χ2n) is 6.88. The number of hydrogen-bond donors (Lipinski definition) is 1. The molecule has 150 valence electrons. The second kappa shape index (κ2) is 11.0. The molecule has 2 heterocycles. The number of aromatic nitrogens is 1. The first-order valence-electron chi connectivity index (χ1n) is 9.57. The van der Waals surface area contributed by atoms with Crippen LogP contribution in [0.2, 0.25) is 0 Å². The van der Waals surface area contributed by atoms with Crippen LogP contribution < -0.4 is 10.2 Å². The number of nitrogens with one attached hydrogen (secondary N) is 1. The molecule has 0 atom stereocenters. The molecule has 6 heteroatoms. The van der Waals surface area contributed by atoms with Crippen LogP contribution in [0.15, 0.2) is 59.7 Å². The summed E-state index contributed by atoms with van der Waals surface area (Å²) in [5.74, 6) is 1.94. The maximum absolute atomic E-state index is 4.86. The molecule has 1 aliphatic heterocycles. The van der Waals surface area contributed by atoms with Crippen molar-refractivity contribution in [2.75, 3.05) is 38.6 Å². The Kier molecular flexibility index (Phi) is 8.76. The van der Waals surface area contributed by atoms with Gasteiger partial charge in [0.1, 0.15) is 5.82 Å². The Morgan fingerprint density at radius 2 is 2.00 bits per heavy atom. The molecule has 0 spiro atoms. The highest BCUT2D eigenvalue weighted by Gasteiger charge is 2.16. The Morgan fingerprint density at radius 1 is 1.21 bits per heavy atom. The van der Waals surface area contributed by atoms with Gasteiger partial charge in [0.2, 0.25) is 0 Å². The second-order valence-corrected chi connectivity index (χ2v) is 6.88. The molecule has 28 heavy (non-hydrogen) atoms. The normalized spacial score (nSPS) is 14.2. The van der Waals surface area contributed by atoms with Crippen molar-refractivity contribution in [1.29, 1.82) is 0 Å². The van der Waals surface area contributed by atoms with Crippen LogP contribution in [0.25, 0.3) is 5.57 Å². The number of anilines is 1. The van der Waals surface area contributed by atoms with E-state index in [-0.39, 0.29) is 24.0 Å². The standard InChI is InChI=1S/C22H29N5.HI/c1-4-23-22(25-17-18-10-13-24-21(16-18)26(2)3)27-14-11-20(12-15-27)19-8-6-5-7-9-19;/h5-11,13,16H,4,12,14-15,17H2,1-3H3,(H,23,25);1H. The van der Waals surface area contributed by atoms with Gasteiger partial charge in [0, 0.05) is 39.9 Å². The first kappa shape index (κ1) is 22.2. The van der Waals surface area contributed by atoms with Crippen molar-refractivity contribution in [3.63, 3.8) is 0 Å². The molecule has 0 aliphatic carbocycles. The number of hydrogen-bond acceptors (Lipinski definition) is 3. The molecule has 1 aromatic carbocycles. The van der Waals surface area contributed by atoms with E-state index in [9.17, 15) is 0 Å². The Labute approximate surface area is 185 Å². The van der Waals surface area contributed by atoms with E-state index in [1.165, 1.54) is 16.7 Å². The van der Waals surface area contributed by atoms with Crippen LogP contribution in [-0.2, 0) is 6.54 Å². The van der Waals surface area contributed by atoms with E-state index in [2.05, 4.69) is 64.6 Å². The minimum Gasteiger partial charge on any atom is -0.363 e. The fourth-order valence-electron chi connectivity index (χ4n) is 3.17. The molecule has 0 unspecified atom stereocenters. The molecule has 0 radical (unpaired) electrons. The largest absolute Gasteiger partial charge is 0.363 e. The van der Waals surface area contributed by atoms with Crippen molar-refractivity contribution < 1.29 is 0 Å². The van der Waals surface area contributed by atoms with Gasteiger partial charge in [0.05, 0.1) is 6.54 Å². The summed E-state index contributed by atoms with van der Waals surface area (Å²) >= 11 is 0. The fourth-order valence-corrected chi connectivity index (χ4v) is 3.17. The molecule has 0 bridgehead atoms.